The third-order valence-electron chi connectivity index (χ3n) is 2.55. The van der Waals surface area contributed by atoms with Crippen LogP contribution in [0.25, 0.3) is 0 Å². The van der Waals surface area contributed by atoms with Crippen LogP contribution in [-0.4, -0.2) is 40.8 Å². The molecule has 0 aliphatic heterocycles. The van der Waals surface area contributed by atoms with Crippen LogP contribution in [0.1, 0.15) is 38.5 Å². The fourth-order valence-electron chi connectivity index (χ4n) is 1.59. The fourth-order valence-corrected chi connectivity index (χ4v) is 1.59. The molecule has 1 aromatic heterocycles. The Morgan fingerprint density at radius 2 is 2.00 bits per heavy atom. The van der Waals surface area contributed by atoms with Gasteiger partial charge in [-0.3, -0.25) is 0 Å². The van der Waals surface area contributed by atoms with Gasteiger partial charge in [0.25, 0.3) is 0 Å². The number of alkyl halides is 3. The highest BCUT2D eigenvalue weighted by atomic mass is 19.4. The van der Waals surface area contributed by atoms with Crippen LogP contribution in [0, 0.1) is 5.92 Å². The van der Waals surface area contributed by atoms with Crippen LogP contribution in [0.5, 0.6) is 0 Å². The Bertz CT molecular complexity index is 473. The highest BCUT2D eigenvalue weighted by Gasteiger charge is 2.31. The summed E-state index contributed by atoms with van der Waals surface area (Å²) in [5, 5.41) is 6.13. The Balaban J connectivity index is 2.58. The molecule has 0 fully saturated rings. The molecule has 2 amide bonds. The lowest BCUT2D eigenvalue weighted by Gasteiger charge is -2.20. The summed E-state index contributed by atoms with van der Waals surface area (Å²) in [6.07, 6.45) is -3.82. The van der Waals surface area contributed by atoms with Gasteiger partial charge >= 0.3 is 12.2 Å². The second-order valence-corrected chi connectivity index (χ2v) is 5.29. The number of hydrogen-bond donors (Lipinski definition) is 1. The van der Waals surface area contributed by atoms with Crippen molar-refractivity contribution in [3.63, 3.8) is 0 Å². The van der Waals surface area contributed by atoms with Crippen LogP contribution in [0.2, 0.25) is 0 Å². The third-order valence-corrected chi connectivity index (χ3v) is 2.55. The van der Waals surface area contributed by atoms with Crippen molar-refractivity contribution >= 4 is 6.03 Å². The van der Waals surface area contributed by atoms with Gasteiger partial charge in [0.1, 0.15) is 12.6 Å². The van der Waals surface area contributed by atoms with E-state index in [4.69, 9.17) is 4.52 Å². The molecule has 21 heavy (non-hydrogen) atoms. The number of rotatable bonds is 5. The van der Waals surface area contributed by atoms with E-state index in [0.29, 0.717) is 23.1 Å². The molecule has 1 aromatic rings. The normalized spacial score (nSPS) is 13.3. The second-order valence-electron chi connectivity index (χ2n) is 5.29. The van der Waals surface area contributed by atoms with Crippen molar-refractivity contribution in [3.05, 3.63) is 11.7 Å². The summed E-state index contributed by atoms with van der Waals surface area (Å²) in [5.41, 5.74) is 0. The van der Waals surface area contributed by atoms with Gasteiger partial charge in [-0.25, -0.2) is 4.79 Å². The summed E-state index contributed by atoms with van der Waals surface area (Å²) in [6, 6.07) is -1.52. The maximum atomic E-state index is 12.2. The molecule has 120 valence electrons. The summed E-state index contributed by atoms with van der Waals surface area (Å²) in [7, 11) is 1.06. The molecule has 6 nitrogen and oxygen atoms in total. The van der Waals surface area contributed by atoms with Crippen molar-refractivity contribution in [1.29, 1.82) is 0 Å². The number of hydrogen-bond acceptors (Lipinski definition) is 4. The van der Waals surface area contributed by atoms with E-state index >= 15 is 0 Å². The minimum absolute atomic E-state index is 0.166. The molecule has 1 rings (SSSR count). The van der Waals surface area contributed by atoms with E-state index in [1.807, 2.05) is 13.8 Å². The fraction of sp³-hybridized carbons (Fsp3) is 0.750. The number of nitrogens with one attached hydrogen (secondary N) is 1. The Morgan fingerprint density at radius 3 is 2.52 bits per heavy atom. The molecule has 0 aromatic carbocycles. The average Bonchev–Trinajstić information content (AvgIpc) is 2.74. The molecule has 1 atom stereocenters. The monoisotopic (exact) mass is 308 g/mol. The highest BCUT2D eigenvalue weighted by Crippen LogP contribution is 2.16. The first-order valence-electron chi connectivity index (χ1n) is 6.49. The van der Waals surface area contributed by atoms with Crippen molar-refractivity contribution in [3.8, 4) is 0 Å². The maximum Gasteiger partial charge on any atom is 0.406 e. The van der Waals surface area contributed by atoms with Gasteiger partial charge in [0.2, 0.25) is 5.89 Å². The lowest BCUT2D eigenvalue weighted by Crippen LogP contribution is -2.43. The molecule has 0 bridgehead atoms. The zero-order valence-electron chi connectivity index (χ0n) is 12.4. The number of aromatic nitrogens is 2. The Morgan fingerprint density at radius 1 is 1.38 bits per heavy atom. The molecule has 1 N–H and O–H groups in total. The van der Waals surface area contributed by atoms with Crippen LogP contribution in [-0.2, 0) is 6.42 Å². The lowest BCUT2D eigenvalue weighted by molar-refractivity contribution is -0.137. The van der Waals surface area contributed by atoms with Crippen LogP contribution in [0.3, 0.4) is 0 Å². The highest BCUT2D eigenvalue weighted by molar-refractivity contribution is 5.74. The van der Waals surface area contributed by atoms with Gasteiger partial charge in [0, 0.05) is 13.5 Å². The van der Waals surface area contributed by atoms with E-state index in [1.54, 1.807) is 6.92 Å². The first-order chi connectivity index (χ1) is 9.58. The smallest absolute Gasteiger partial charge is 0.337 e. The SMILES string of the molecule is CC(C)Cc1noc([C@@H](C)NC(=O)N(C)CC(F)(F)F)n1. The summed E-state index contributed by atoms with van der Waals surface area (Å²) >= 11 is 0. The molecular formula is C12H19F3N4O2. The predicted molar refractivity (Wildman–Crippen MR) is 68.5 cm³/mol. The van der Waals surface area contributed by atoms with Crippen molar-refractivity contribution in [2.24, 2.45) is 5.92 Å². The van der Waals surface area contributed by atoms with Crippen LogP contribution in [0.15, 0.2) is 4.52 Å². The number of amides is 2. The first kappa shape index (κ1) is 17.3. The van der Waals surface area contributed by atoms with Crippen molar-refractivity contribution in [2.75, 3.05) is 13.6 Å². The van der Waals surface area contributed by atoms with Crippen molar-refractivity contribution < 1.29 is 22.5 Å². The number of urea groups is 1. The van der Waals surface area contributed by atoms with Gasteiger partial charge in [-0.05, 0) is 12.8 Å². The molecule has 0 spiro atoms. The Kier molecular flexibility index (Phi) is 5.56. The maximum absolute atomic E-state index is 12.2. The Labute approximate surface area is 120 Å². The molecule has 9 heteroatoms. The topological polar surface area (TPSA) is 71.3 Å². The van der Waals surface area contributed by atoms with Gasteiger partial charge in [0.05, 0.1) is 0 Å². The van der Waals surface area contributed by atoms with E-state index in [1.165, 1.54) is 0 Å². The molecule has 0 radical (unpaired) electrons. The minimum atomic E-state index is -4.44. The van der Waals surface area contributed by atoms with E-state index < -0.39 is 24.8 Å². The van der Waals surface area contributed by atoms with E-state index in [-0.39, 0.29) is 5.89 Å². The number of halogens is 3. The number of carbonyl (C=O) groups is 1. The summed E-state index contributed by atoms with van der Waals surface area (Å²) in [4.78, 5) is 16.3. The molecule has 0 saturated heterocycles. The Hall–Kier alpha value is -1.80. The van der Waals surface area contributed by atoms with E-state index in [9.17, 15) is 18.0 Å². The van der Waals surface area contributed by atoms with E-state index in [0.717, 1.165) is 7.05 Å². The molecule has 1 heterocycles. The summed E-state index contributed by atoms with van der Waals surface area (Å²) in [5.74, 6) is 1.02. The largest absolute Gasteiger partial charge is 0.406 e. The lowest BCUT2D eigenvalue weighted by atomic mass is 10.1. The summed E-state index contributed by atoms with van der Waals surface area (Å²) in [6.45, 7) is 4.22. The minimum Gasteiger partial charge on any atom is -0.337 e. The van der Waals surface area contributed by atoms with Crippen molar-refractivity contribution in [1.82, 2.24) is 20.4 Å². The number of carbonyl (C=O) groups excluding carboxylic acids is 1. The predicted octanol–water partition coefficient (Wildman–Crippen LogP) is 2.53. The number of nitrogens with zero attached hydrogens (tertiary/aromatic N) is 3. The zero-order valence-corrected chi connectivity index (χ0v) is 12.4. The van der Waals surface area contributed by atoms with E-state index in [2.05, 4.69) is 15.5 Å². The third kappa shape index (κ3) is 6.01. The van der Waals surface area contributed by atoms with Gasteiger partial charge in [-0.1, -0.05) is 19.0 Å². The van der Waals surface area contributed by atoms with Crippen LogP contribution >= 0.6 is 0 Å². The van der Waals surface area contributed by atoms with Gasteiger partial charge in [-0.2, -0.15) is 18.2 Å². The van der Waals surface area contributed by atoms with Gasteiger partial charge < -0.3 is 14.7 Å². The molecule has 0 saturated carbocycles. The molecule has 0 aliphatic carbocycles. The quantitative estimate of drug-likeness (QED) is 0.907. The summed E-state index contributed by atoms with van der Waals surface area (Å²) < 4.78 is 41.6. The van der Waals surface area contributed by atoms with Crippen LogP contribution < -0.4 is 5.32 Å². The average molecular weight is 308 g/mol. The van der Waals surface area contributed by atoms with Crippen molar-refractivity contribution in [2.45, 2.75) is 39.4 Å². The van der Waals surface area contributed by atoms with Gasteiger partial charge in [-0.15, -0.1) is 0 Å². The molecular weight excluding hydrogens is 289 g/mol. The van der Waals surface area contributed by atoms with Crippen LogP contribution in [0.4, 0.5) is 18.0 Å². The van der Waals surface area contributed by atoms with Gasteiger partial charge in [0.15, 0.2) is 5.82 Å². The second kappa shape index (κ2) is 6.77. The molecule has 0 unspecified atom stereocenters. The molecule has 0 aliphatic rings. The zero-order chi connectivity index (χ0) is 16.2. The first-order valence-corrected chi connectivity index (χ1v) is 6.49. The standard InChI is InChI=1S/C12H19F3N4O2/c1-7(2)5-9-17-10(21-18-9)8(3)16-11(20)19(4)6-12(13,14)15/h7-8H,5-6H2,1-4H3,(H,16,20)/t8-/m1/s1.